The van der Waals surface area contributed by atoms with Crippen LogP contribution < -0.4 is 14.2 Å². The van der Waals surface area contributed by atoms with E-state index in [9.17, 15) is 4.79 Å². The molecule has 0 aliphatic carbocycles. The van der Waals surface area contributed by atoms with Gasteiger partial charge in [-0.05, 0) is 60.4 Å². The summed E-state index contributed by atoms with van der Waals surface area (Å²) in [5.74, 6) is 3.15. The first-order valence-electron chi connectivity index (χ1n) is 12.2. The minimum absolute atomic E-state index is 0.0112. The minimum atomic E-state index is -0.248. The fourth-order valence-corrected chi connectivity index (χ4v) is 4.93. The molecule has 37 heavy (non-hydrogen) atoms. The first-order valence-corrected chi connectivity index (χ1v) is 12.2. The molecule has 0 spiro atoms. The Labute approximate surface area is 216 Å². The van der Waals surface area contributed by atoms with Gasteiger partial charge in [-0.15, -0.1) is 0 Å². The summed E-state index contributed by atoms with van der Waals surface area (Å²) in [4.78, 5) is 20.4. The summed E-state index contributed by atoms with van der Waals surface area (Å²) in [5, 5.41) is 0. The molecule has 1 aliphatic rings. The third kappa shape index (κ3) is 4.77. The zero-order valence-electron chi connectivity index (χ0n) is 21.5. The average Bonchev–Trinajstić information content (AvgIpc) is 3.31. The van der Waals surface area contributed by atoms with Crippen molar-refractivity contribution in [2.75, 3.05) is 27.9 Å². The van der Waals surface area contributed by atoms with E-state index >= 15 is 0 Å². The van der Waals surface area contributed by atoms with Crippen LogP contribution in [-0.2, 0) is 17.6 Å². The van der Waals surface area contributed by atoms with Gasteiger partial charge in [0.25, 0.3) is 0 Å². The van der Waals surface area contributed by atoms with Crippen LogP contribution in [0.5, 0.6) is 17.2 Å². The summed E-state index contributed by atoms with van der Waals surface area (Å²) in [5.41, 5.74) is 4.66. The van der Waals surface area contributed by atoms with E-state index in [-0.39, 0.29) is 18.4 Å². The second-order valence-electron chi connectivity index (χ2n) is 8.99. The molecule has 7 heteroatoms. The standard InChI is InChI=1S/C30H30N2O5/c1-19-25(31-30(37-19)22-11-8-12-23(15-22)34-2)18-28(33)32-14-13-21-16-26(35-3)27(36-4)17-24(21)29(32)20-9-6-5-7-10-20/h5-12,15-17,29H,13-14,18H2,1-4H3. The molecule has 1 atom stereocenters. The van der Waals surface area contributed by atoms with E-state index in [1.165, 1.54) is 0 Å². The Morgan fingerprint density at radius 1 is 0.973 bits per heavy atom. The van der Waals surface area contributed by atoms with Crippen LogP contribution in [0.25, 0.3) is 11.5 Å². The maximum absolute atomic E-state index is 13.8. The summed E-state index contributed by atoms with van der Waals surface area (Å²) in [6, 6.07) is 21.4. The van der Waals surface area contributed by atoms with Crippen LogP contribution in [0.4, 0.5) is 0 Å². The van der Waals surface area contributed by atoms with Crippen LogP contribution in [0, 0.1) is 6.92 Å². The number of nitrogens with zero attached hydrogens (tertiary/aromatic N) is 2. The number of rotatable bonds is 7. The zero-order chi connectivity index (χ0) is 25.9. The van der Waals surface area contributed by atoms with Crippen LogP contribution in [0.1, 0.15) is 34.2 Å². The Kier molecular flexibility index (Phi) is 6.86. The second kappa shape index (κ2) is 10.4. The fourth-order valence-electron chi connectivity index (χ4n) is 4.93. The maximum atomic E-state index is 13.8. The molecule has 4 aromatic rings. The molecule has 0 fully saturated rings. The number of fused-ring (bicyclic) bond motifs is 1. The van der Waals surface area contributed by atoms with Crippen molar-refractivity contribution < 1.29 is 23.4 Å². The lowest BCUT2D eigenvalue weighted by molar-refractivity contribution is -0.132. The highest BCUT2D eigenvalue weighted by Gasteiger charge is 2.34. The van der Waals surface area contributed by atoms with E-state index < -0.39 is 0 Å². The predicted octanol–water partition coefficient (Wildman–Crippen LogP) is 5.39. The van der Waals surface area contributed by atoms with Crippen molar-refractivity contribution in [3.63, 3.8) is 0 Å². The number of methoxy groups -OCH3 is 3. The average molecular weight is 499 g/mol. The van der Waals surface area contributed by atoms with Gasteiger partial charge in [0.1, 0.15) is 11.5 Å². The van der Waals surface area contributed by atoms with Gasteiger partial charge in [-0.25, -0.2) is 4.98 Å². The summed E-state index contributed by atoms with van der Waals surface area (Å²) in [6.07, 6.45) is 0.864. The summed E-state index contributed by atoms with van der Waals surface area (Å²) in [6.45, 7) is 2.43. The Morgan fingerprint density at radius 2 is 1.73 bits per heavy atom. The van der Waals surface area contributed by atoms with Gasteiger partial charge in [0.15, 0.2) is 11.5 Å². The van der Waals surface area contributed by atoms with E-state index in [1.807, 2.05) is 66.4 Å². The highest BCUT2D eigenvalue weighted by atomic mass is 16.5. The molecule has 3 aromatic carbocycles. The highest BCUT2D eigenvalue weighted by molar-refractivity contribution is 5.80. The maximum Gasteiger partial charge on any atom is 0.229 e. The van der Waals surface area contributed by atoms with Gasteiger partial charge in [-0.1, -0.05) is 36.4 Å². The molecular formula is C30H30N2O5. The summed E-state index contributed by atoms with van der Waals surface area (Å²) < 4.78 is 22.4. The number of hydrogen-bond donors (Lipinski definition) is 0. The van der Waals surface area contributed by atoms with Crippen molar-refractivity contribution in [1.82, 2.24) is 9.88 Å². The van der Waals surface area contributed by atoms with Crippen LogP contribution in [-0.4, -0.2) is 43.7 Å². The quantitative estimate of drug-likeness (QED) is 0.340. The lowest BCUT2D eigenvalue weighted by Crippen LogP contribution is -2.41. The van der Waals surface area contributed by atoms with Crippen molar-refractivity contribution in [3.8, 4) is 28.7 Å². The number of hydrogen-bond acceptors (Lipinski definition) is 6. The molecule has 7 nitrogen and oxygen atoms in total. The molecule has 0 radical (unpaired) electrons. The molecule has 0 bridgehead atoms. The van der Waals surface area contributed by atoms with Gasteiger partial charge in [-0.2, -0.15) is 0 Å². The molecule has 0 saturated carbocycles. The van der Waals surface area contributed by atoms with E-state index in [1.54, 1.807) is 21.3 Å². The number of benzene rings is 3. The van der Waals surface area contributed by atoms with Crippen LogP contribution >= 0.6 is 0 Å². The largest absolute Gasteiger partial charge is 0.497 e. The van der Waals surface area contributed by atoms with Gasteiger partial charge < -0.3 is 23.5 Å². The number of aromatic nitrogens is 1. The van der Waals surface area contributed by atoms with Gasteiger partial charge in [0, 0.05) is 12.1 Å². The Balaban J connectivity index is 1.48. The SMILES string of the molecule is COc1cccc(-c2nc(CC(=O)N3CCc4cc(OC)c(OC)cc4C3c3ccccc3)c(C)o2)c1. The third-order valence-corrected chi connectivity index (χ3v) is 6.84. The van der Waals surface area contributed by atoms with Gasteiger partial charge >= 0.3 is 0 Å². The van der Waals surface area contributed by atoms with Crippen LogP contribution in [0.2, 0.25) is 0 Å². The molecule has 2 heterocycles. The second-order valence-corrected chi connectivity index (χ2v) is 8.99. The normalized spacial score (nSPS) is 14.7. The molecule has 190 valence electrons. The lowest BCUT2D eigenvalue weighted by atomic mass is 9.87. The topological polar surface area (TPSA) is 74.0 Å². The Bertz CT molecular complexity index is 1410. The number of aryl methyl sites for hydroxylation is 1. The number of amides is 1. The molecule has 1 amide bonds. The van der Waals surface area contributed by atoms with Crippen molar-refractivity contribution in [3.05, 3.63) is 94.9 Å². The lowest BCUT2D eigenvalue weighted by Gasteiger charge is -2.38. The number of carbonyl (C=O) groups is 1. The van der Waals surface area contributed by atoms with Gasteiger partial charge in [-0.3, -0.25) is 4.79 Å². The van der Waals surface area contributed by atoms with Gasteiger partial charge in [0.2, 0.25) is 11.8 Å². The fraction of sp³-hybridized carbons (Fsp3) is 0.267. The molecule has 1 aliphatic heterocycles. The summed E-state index contributed by atoms with van der Waals surface area (Å²) in [7, 11) is 4.88. The smallest absolute Gasteiger partial charge is 0.229 e. The minimum Gasteiger partial charge on any atom is -0.497 e. The molecule has 0 saturated heterocycles. The zero-order valence-corrected chi connectivity index (χ0v) is 21.5. The molecule has 1 aromatic heterocycles. The first-order chi connectivity index (χ1) is 18.0. The van der Waals surface area contributed by atoms with Crippen LogP contribution in [0.15, 0.2) is 71.1 Å². The van der Waals surface area contributed by atoms with Crippen LogP contribution in [0.3, 0.4) is 0 Å². The number of ether oxygens (including phenoxy) is 3. The van der Waals surface area contributed by atoms with Gasteiger partial charge in [0.05, 0.1) is 39.5 Å². The number of oxazole rings is 1. The highest BCUT2D eigenvalue weighted by Crippen LogP contribution is 2.41. The molecule has 1 unspecified atom stereocenters. The van der Waals surface area contributed by atoms with E-state index in [2.05, 4.69) is 17.1 Å². The van der Waals surface area contributed by atoms with E-state index in [0.29, 0.717) is 35.4 Å². The van der Waals surface area contributed by atoms with E-state index in [4.69, 9.17) is 18.6 Å². The predicted molar refractivity (Wildman–Crippen MR) is 140 cm³/mol. The van der Waals surface area contributed by atoms with Crippen molar-refractivity contribution in [2.45, 2.75) is 25.8 Å². The number of carbonyl (C=O) groups excluding carboxylic acids is 1. The Hall–Kier alpha value is -4.26. The first kappa shape index (κ1) is 24.4. The monoisotopic (exact) mass is 498 g/mol. The van der Waals surface area contributed by atoms with E-state index in [0.717, 1.165) is 34.4 Å². The molecular weight excluding hydrogens is 468 g/mol. The van der Waals surface area contributed by atoms with Crippen molar-refractivity contribution in [2.24, 2.45) is 0 Å². The summed E-state index contributed by atoms with van der Waals surface area (Å²) >= 11 is 0. The molecule has 5 rings (SSSR count). The molecule has 0 N–H and O–H groups in total. The van der Waals surface area contributed by atoms with Crippen molar-refractivity contribution in [1.29, 1.82) is 0 Å². The third-order valence-electron chi connectivity index (χ3n) is 6.84. The Morgan fingerprint density at radius 3 is 2.46 bits per heavy atom. The van der Waals surface area contributed by atoms with Crippen molar-refractivity contribution >= 4 is 5.91 Å².